The molecular weight excluding hydrogens is 260 g/mol. The molecule has 0 unspecified atom stereocenters. The molecule has 2 heterocycles. The smallest absolute Gasteiger partial charge is 0.261 e. The van der Waals surface area contributed by atoms with Gasteiger partial charge in [-0.1, -0.05) is 6.07 Å². The predicted molar refractivity (Wildman–Crippen MR) is 74.2 cm³/mol. The molecule has 0 saturated carbocycles. The van der Waals surface area contributed by atoms with Gasteiger partial charge >= 0.3 is 0 Å². The van der Waals surface area contributed by atoms with E-state index in [2.05, 4.69) is 0 Å². The zero-order chi connectivity index (χ0) is 13.4. The van der Waals surface area contributed by atoms with E-state index in [-0.39, 0.29) is 11.8 Å². The summed E-state index contributed by atoms with van der Waals surface area (Å²) in [6.45, 7) is 0.409. The van der Waals surface area contributed by atoms with Gasteiger partial charge in [-0.15, -0.1) is 11.3 Å². The van der Waals surface area contributed by atoms with Crippen molar-refractivity contribution >= 4 is 28.8 Å². The van der Waals surface area contributed by atoms with Crippen LogP contribution in [-0.2, 0) is 6.42 Å². The van der Waals surface area contributed by atoms with Gasteiger partial charge in [0.05, 0.1) is 11.1 Å². The van der Waals surface area contributed by atoms with E-state index in [1.54, 1.807) is 29.5 Å². The van der Waals surface area contributed by atoms with Gasteiger partial charge in [0, 0.05) is 17.1 Å². The van der Waals surface area contributed by atoms with Crippen LogP contribution in [0.2, 0.25) is 0 Å². The predicted octanol–water partition coefficient (Wildman–Crippen LogP) is 2.17. The van der Waals surface area contributed by atoms with Crippen molar-refractivity contribution in [1.29, 1.82) is 0 Å². The molecule has 5 heteroatoms. The number of nitrogen functional groups attached to an aromatic ring is 1. The SMILES string of the molecule is Nc1ccc2c(c1)C(=O)N(CCc1cccs1)C2=O. The molecule has 96 valence electrons. The van der Waals surface area contributed by atoms with Crippen LogP contribution < -0.4 is 5.73 Å². The van der Waals surface area contributed by atoms with Crippen LogP contribution in [0.25, 0.3) is 0 Å². The molecule has 2 amide bonds. The van der Waals surface area contributed by atoms with Crippen molar-refractivity contribution in [3.8, 4) is 0 Å². The number of anilines is 1. The van der Waals surface area contributed by atoms with Crippen molar-refractivity contribution in [2.24, 2.45) is 0 Å². The van der Waals surface area contributed by atoms with E-state index in [1.807, 2.05) is 17.5 Å². The van der Waals surface area contributed by atoms with Crippen molar-refractivity contribution in [2.75, 3.05) is 12.3 Å². The number of carbonyl (C=O) groups excluding carboxylic acids is 2. The Kier molecular flexibility index (Phi) is 2.83. The minimum Gasteiger partial charge on any atom is -0.399 e. The lowest BCUT2D eigenvalue weighted by Crippen LogP contribution is -2.31. The minimum atomic E-state index is -0.246. The minimum absolute atomic E-state index is 0.225. The number of nitrogens with two attached hydrogens (primary N) is 1. The van der Waals surface area contributed by atoms with Crippen molar-refractivity contribution in [2.45, 2.75) is 6.42 Å². The Morgan fingerprint density at radius 1 is 1.11 bits per heavy atom. The molecule has 0 spiro atoms. The molecule has 2 N–H and O–H groups in total. The molecule has 3 rings (SSSR count). The molecular formula is C14H12N2O2S. The number of hydrogen-bond acceptors (Lipinski definition) is 4. The van der Waals surface area contributed by atoms with E-state index in [0.29, 0.717) is 29.8 Å². The summed E-state index contributed by atoms with van der Waals surface area (Å²) in [5.41, 5.74) is 7.02. The van der Waals surface area contributed by atoms with Crippen LogP contribution in [-0.4, -0.2) is 23.3 Å². The summed E-state index contributed by atoms with van der Waals surface area (Å²) in [5, 5.41) is 1.98. The molecule has 0 atom stereocenters. The molecule has 2 aromatic rings. The fourth-order valence-corrected chi connectivity index (χ4v) is 2.89. The fourth-order valence-electron chi connectivity index (χ4n) is 2.19. The normalized spacial score (nSPS) is 14.0. The molecule has 0 aliphatic carbocycles. The zero-order valence-corrected chi connectivity index (χ0v) is 10.9. The third kappa shape index (κ3) is 2.02. The lowest BCUT2D eigenvalue weighted by molar-refractivity contribution is 0.0656. The van der Waals surface area contributed by atoms with Crippen molar-refractivity contribution < 1.29 is 9.59 Å². The second kappa shape index (κ2) is 4.51. The molecule has 4 nitrogen and oxygen atoms in total. The average Bonchev–Trinajstić information content (AvgIpc) is 2.98. The summed E-state index contributed by atoms with van der Waals surface area (Å²) >= 11 is 1.63. The number of fused-ring (bicyclic) bond motifs is 1. The maximum Gasteiger partial charge on any atom is 0.261 e. The molecule has 1 aromatic heterocycles. The monoisotopic (exact) mass is 272 g/mol. The van der Waals surface area contributed by atoms with Crippen LogP contribution in [0.4, 0.5) is 5.69 Å². The van der Waals surface area contributed by atoms with Crippen molar-refractivity contribution in [3.63, 3.8) is 0 Å². The first-order valence-electron chi connectivity index (χ1n) is 5.95. The second-order valence-electron chi connectivity index (χ2n) is 4.40. The van der Waals surface area contributed by atoms with E-state index in [1.165, 1.54) is 4.90 Å². The lowest BCUT2D eigenvalue weighted by atomic mass is 10.1. The van der Waals surface area contributed by atoms with E-state index in [4.69, 9.17) is 5.73 Å². The summed E-state index contributed by atoms with van der Waals surface area (Å²) in [6.07, 6.45) is 0.693. The van der Waals surface area contributed by atoms with Crippen LogP contribution in [0, 0.1) is 0 Å². The Bertz CT molecular complexity index is 649. The fraction of sp³-hybridized carbons (Fsp3) is 0.143. The first-order valence-corrected chi connectivity index (χ1v) is 6.83. The van der Waals surface area contributed by atoms with E-state index < -0.39 is 0 Å². The molecule has 1 aliphatic heterocycles. The first-order chi connectivity index (χ1) is 9.16. The van der Waals surface area contributed by atoms with Crippen LogP contribution in [0.15, 0.2) is 35.7 Å². The largest absolute Gasteiger partial charge is 0.399 e. The third-order valence-electron chi connectivity index (χ3n) is 3.16. The Morgan fingerprint density at radius 2 is 1.89 bits per heavy atom. The first kappa shape index (κ1) is 11.9. The summed E-state index contributed by atoms with van der Waals surface area (Å²) in [5.74, 6) is -0.472. The summed E-state index contributed by atoms with van der Waals surface area (Å²) in [4.78, 5) is 26.8. The third-order valence-corrected chi connectivity index (χ3v) is 4.09. The van der Waals surface area contributed by atoms with Gasteiger partial charge in [-0.2, -0.15) is 0 Å². The maximum atomic E-state index is 12.2. The number of nitrogens with zero attached hydrogens (tertiary/aromatic N) is 1. The van der Waals surface area contributed by atoms with Crippen molar-refractivity contribution in [1.82, 2.24) is 4.90 Å². The van der Waals surface area contributed by atoms with Crippen LogP contribution in [0.5, 0.6) is 0 Å². The molecule has 0 radical (unpaired) electrons. The molecule has 0 fully saturated rings. The van der Waals surface area contributed by atoms with Gasteiger partial charge in [0.2, 0.25) is 0 Å². The number of carbonyl (C=O) groups is 2. The van der Waals surface area contributed by atoms with Gasteiger partial charge in [-0.3, -0.25) is 14.5 Å². The molecule has 1 aliphatic rings. The van der Waals surface area contributed by atoms with Gasteiger partial charge in [0.15, 0.2) is 0 Å². The van der Waals surface area contributed by atoms with Gasteiger partial charge in [0.1, 0.15) is 0 Å². The van der Waals surface area contributed by atoms with Gasteiger partial charge in [0.25, 0.3) is 11.8 Å². The average molecular weight is 272 g/mol. The highest BCUT2D eigenvalue weighted by Gasteiger charge is 2.35. The lowest BCUT2D eigenvalue weighted by Gasteiger charge is -2.12. The van der Waals surface area contributed by atoms with Crippen LogP contribution >= 0.6 is 11.3 Å². The molecule has 19 heavy (non-hydrogen) atoms. The van der Waals surface area contributed by atoms with Gasteiger partial charge < -0.3 is 5.73 Å². The highest BCUT2D eigenvalue weighted by molar-refractivity contribution is 7.09. The summed E-state index contributed by atoms with van der Waals surface area (Å²) < 4.78 is 0. The topological polar surface area (TPSA) is 63.4 Å². The number of amides is 2. The van der Waals surface area contributed by atoms with E-state index in [9.17, 15) is 9.59 Å². The summed E-state index contributed by atoms with van der Waals surface area (Å²) in [7, 11) is 0. The second-order valence-corrected chi connectivity index (χ2v) is 5.43. The number of benzene rings is 1. The summed E-state index contributed by atoms with van der Waals surface area (Å²) in [6, 6.07) is 8.80. The van der Waals surface area contributed by atoms with Gasteiger partial charge in [-0.25, -0.2) is 0 Å². The van der Waals surface area contributed by atoms with Gasteiger partial charge in [-0.05, 0) is 36.1 Å². The Balaban J connectivity index is 1.82. The van der Waals surface area contributed by atoms with Crippen LogP contribution in [0.1, 0.15) is 25.6 Å². The Labute approximate surface area is 114 Å². The molecule has 1 aromatic carbocycles. The number of rotatable bonds is 3. The highest BCUT2D eigenvalue weighted by Crippen LogP contribution is 2.25. The quantitative estimate of drug-likeness (QED) is 0.688. The van der Waals surface area contributed by atoms with E-state index >= 15 is 0 Å². The number of thiophene rings is 1. The maximum absolute atomic E-state index is 12.2. The number of hydrogen-bond donors (Lipinski definition) is 1. The Morgan fingerprint density at radius 3 is 2.63 bits per heavy atom. The van der Waals surface area contributed by atoms with Crippen molar-refractivity contribution in [3.05, 3.63) is 51.7 Å². The van der Waals surface area contributed by atoms with Crippen LogP contribution in [0.3, 0.4) is 0 Å². The highest BCUT2D eigenvalue weighted by atomic mass is 32.1. The zero-order valence-electron chi connectivity index (χ0n) is 10.1. The Hall–Kier alpha value is -2.14. The van der Waals surface area contributed by atoms with E-state index in [0.717, 1.165) is 4.88 Å². The number of imide groups is 1. The molecule has 0 saturated heterocycles. The molecule has 0 bridgehead atoms. The standard InChI is InChI=1S/C14H12N2O2S/c15-9-3-4-11-12(8-9)14(18)16(13(11)17)6-5-10-2-1-7-19-10/h1-4,7-8H,5-6,15H2.